The van der Waals surface area contributed by atoms with Crippen LogP contribution in [0.2, 0.25) is 0 Å². The lowest BCUT2D eigenvalue weighted by Gasteiger charge is -2.12. The third-order valence-corrected chi connectivity index (χ3v) is 4.29. The average molecular weight is 304 g/mol. The van der Waals surface area contributed by atoms with Gasteiger partial charge in [-0.15, -0.1) is 0 Å². The van der Waals surface area contributed by atoms with Gasteiger partial charge in [0.15, 0.2) is 0 Å². The Balaban J connectivity index is 0.000000847. The molecule has 2 aromatic carbocycles. The molecule has 1 saturated carbocycles. The van der Waals surface area contributed by atoms with E-state index in [0.717, 1.165) is 19.1 Å². The van der Waals surface area contributed by atoms with Gasteiger partial charge in [-0.3, -0.25) is 0 Å². The fraction of sp³-hybridized carbons (Fsp3) is 0.368. The minimum atomic E-state index is -0.487. The van der Waals surface area contributed by atoms with E-state index in [1.165, 1.54) is 18.2 Å². The van der Waals surface area contributed by atoms with Crippen molar-refractivity contribution in [3.63, 3.8) is 0 Å². The van der Waals surface area contributed by atoms with Gasteiger partial charge in [0.1, 0.15) is 11.6 Å². The molecule has 0 aromatic heterocycles. The molecule has 0 amide bonds. The molecular formula is C19H22F2O. The van der Waals surface area contributed by atoms with E-state index in [4.69, 9.17) is 5.11 Å². The second-order valence-electron chi connectivity index (χ2n) is 5.93. The highest BCUT2D eigenvalue weighted by atomic mass is 19.1. The van der Waals surface area contributed by atoms with Gasteiger partial charge in [0.2, 0.25) is 0 Å². The number of hydrogen-bond donors (Lipinski definition) is 1. The van der Waals surface area contributed by atoms with Crippen LogP contribution in [0.25, 0.3) is 11.1 Å². The highest BCUT2D eigenvalue weighted by molar-refractivity contribution is 5.70. The molecule has 3 heteroatoms. The Morgan fingerprint density at radius 1 is 0.955 bits per heavy atom. The second kappa shape index (κ2) is 7.01. The number of halogens is 2. The normalized spacial score (nSPS) is 19.6. The molecule has 22 heavy (non-hydrogen) atoms. The maximum absolute atomic E-state index is 14.0. The summed E-state index contributed by atoms with van der Waals surface area (Å²) < 4.78 is 28.0. The first-order chi connectivity index (χ1) is 10.6. The minimum absolute atomic E-state index is 0.109. The number of aliphatic hydroxyl groups is 1. The summed E-state index contributed by atoms with van der Waals surface area (Å²) in [5, 5.41) is 7.00. The Kier molecular flexibility index (Phi) is 5.30. The van der Waals surface area contributed by atoms with Gasteiger partial charge in [-0.2, -0.15) is 0 Å². The largest absolute Gasteiger partial charge is 0.400 e. The molecule has 1 aliphatic carbocycles. The predicted molar refractivity (Wildman–Crippen MR) is 85.6 cm³/mol. The van der Waals surface area contributed by atoms with Crippen LogP contribution in [0.5, 0.6) is 0 Å². The zero-order chi connectivity index (χ0) is 16.3. The summed E-state index contributed by atoms with van der Waals surface area (Å²) in [7, 11) is 1.00. The molecular weight excluding hydrogens is 282 g/mol. The lowest BCUT2D eigenvalue weighted by Crippen LogP contribution is -1.97. The van der Waals surface area contributed by atoms with E-state index in [2.05, 4.69) is 13.8 Å². The molecule has 2 unspecified atom stereocenters. The van der Waals surface area contributed by atoms with Gasteiger partial charge in [0, 0.05) is 7.11 Å². The van der Waals surface area contributed by atoms with Crippen molar-refractivity contribution in [1.29, 1.82) is 0 Å². The van der Waals surface area contributed by atoms with E-state index in [-0.39, 0.29) is 5.56 Å². The molecule has 0 aliphatic heterocycles. The first-order valence-corrected chi connectivity index (χ1v) is 7.57. The topological polar surface area (TPSA) is 20.2 Å². The van der Waals surface area contributed by atoms with Crippen LogP contribution in [0.4, 0.5) is 8.78 Å². The summed E-state index contributed by atoms with van der Waals surface area (Å²) in [4.78, 5) is 0. The van der Waals surface area contributed by atoms with Gasteiger partial charge in [0.05, 0.1) is 5.56 Å². The Morgan fingerprint density at radius 3 is 2.09 bits per heavy atom. The number of benzene rings is 2. The van der Waals surface area contributed by atoms with Crippen LogP contribution >= 0.6 is 0 Å². The number of hydrogen-bond acceptors (Lipinski definition) is 1. The lowest BCUT2D eigenvalue weighted by molar-refractivity contribution is 0.399. The molecule has 1 aliphatic rings. The Bertz CT molecular complexity index is 617. The minimum Gasteiger partial charge on any atom is -0.400 e. The Labute approximate surface area is 130 Å². The first kappa shape index (κ1) is 16.6. The molecule has 2 atom stereocenters. The van der Waals surface area contributed by atoms with Crippen LogP contribution in [-0.2, 0) is 0 Å². The standard InChI is InChI=1S/C18H18F2.CH4O/c1-11(2)14-10-15(14)12-6-3-4-7-13(12)18-16(19)8-5-9-17(18)20;1-2/h3-9,11,14-15H,10H2,1-2H3;2H,1H3. The molecule has 0 spiro atoms. The van der Waals surface area contributed by atoms with Crippen molar-refractivity contribution in [2.45, 2.75) is 26.2 Å². The predicted octanol–water partition coefficient (Wildman–Crippen LogP) is 5.00. The molecule has 1 N–H and O–H groups in total. The van der Waals surface area contributed by atoms with E-state index in [1.807, 2.05) is 24.3 Å². The first-order valence-electron chi connectivity index (χ1n) is 7.57. The van der Waals surface area contributed by atoms with Crippen molar-refractivity contribution in [3.05, 3.63) is 59.7 Å². The average Bonchev–Trinajstić information content (AvgIpc) is 3.30. The summed E-state index contributed by atoms with van der Waals surface area (Å²) in [5.41, 5.74) is 1.89. The van der Waals surface area contributed by atoms with Crippen molar-refractivity contribution in [2.75, 3.05) is 7.11 Å². The maximum atomic E-state index is 14.0. The van der Waals surface area contributed by atoms with Gasteiger partial charge < -0.3 is 5.11 Å². The smallest absolute Gasteiger partial charge is 0.133 e. The molecule has 0 saturated heterocycles. The SMILES string of the molecule is CC(C)C1CC1c1ccccc1-c1c(F)cccc1F.CO. The van der Waals surface area contributed by atoms with Crippen LogP contribution in [0.3, 0.4) is 0 Å². The summed E-state index contributed by atoms with van der Waals surface area (Å²) in [6, 6.07) is 11.7. The summed E-state index contributed by atoms with van der Waals surface area (Å²) >= 11 is 0. The van der Waals surface area contributed by atoms with Gasteiger partial charge >= 0.3 is 0 Å². The zero-order valence-corrected chi connectivity index (χ0v) is 13.2. The van der Waals surface area contributed by atoms with E-state index in [1.54, 1.807) is 0 Å². The molecule has 118 valence electrons. The van der Waals surface area contributed by atoms with Crippen LogP contribution in [0.1, 0.15) is 31.7 Å². The maximum Gasteiger partial charge on any atom is 0.133 e. The molecule has 0 heterocycles. The van der Waals surface area contributed by atoms with E-state index in [9.17, 15) is 8.78 Å². The third-order valence-electron chi connectivity index (χ3n) is 4.29. The third kappa shape index (κ3) is 3.20. The van der Waals surface area contributed by atoms with Gasteiger partial charge in [-0.1, -0.05) is 44.2 Å². The van der Waals surface area contributed by atoms with E-state index < -0.39 is 11.6 Å². The van der Waals surface area contributed by atoms with Crippen molar-refractivity contribution in [2.24, 2.45) is 11.8 Å². The second-order valence-corrected chi connectivity index (χ2v) is 5.93. The highest BCUT2D eigenvalue weighted by Crippen LogP contribution is 2.54. The van der Waals surface area contributed by atoms with Crippen LogP contribution in [-0.4, -0.2) is 12.2 Å². The van der Waals surface area contributed by atoms with Crippen LogP contribution < -0.4 is 0 Å². The number of rotatable bonds is 3. The molecule has 3 rings (SSSR count). The fourth-order valence-corrected chi connectivity index (χ4v) is 3.11. The fourth-order valence-electron chi connectivity index (χ4n) is 3.11. The Morgan fingerprint density at radius 2 is 1.55 bits per heavy atom. The van der Waals surface area contributed by atoms with Crippen molar-refractivity contribution < 1.29 is 13.9 Å². The highest BCUT2D eigenvalue weighted by Gasteiger charge is 2.41. The van der Waals surface area contributed by atoms with Crippen molar-refractivity contribution in [1.82, 2.24) is 0 Å². The quantitative estimate of drug-likeness (QED) is 0.846. The molecule has 1 nitrogen and oxygen atoms in total. The molecule has 2 aromatic rings. The van der Waals surface area contributed by atoms with Gasteiger partial charge in [-0.05, 0) is 47.4 Å². The van der Waals surface area contributed by atoms with E-state index in [0.29, 0.717) is 23.3 Å². The Hall–Kier alpha value is -1.74. The monoisotopic (exact) mass is 304 g/mol. The molecule has 0 radical (unpaired) electrons. The zero-order valence-electron chi connectivity index (χ0n) is 13.2. The van der Waals surface area contributed by atoms with Crippen LogP contribution in [0, 0.1) is 23.5 Å². The summed E-state index contributed by atoms with van der Waals surface area (Å²) in [6.45, 7) is 4.41. The van der Waals surface area contributed by atoms with E-state index >= 15 is 0 Å². The summed E-state index contributed by atoms with van der Waals surface area (Å²) in [6.07, 6.45) is 1.12. The molecule has 1 fully saturated rings. The van der Waals surface area contributed by atoms with Crippen LogP contribution in [0.15, 0.2) is 42.5 Å². The summed E-state index contributed by atoms with van der Waals surface area (Å²) in [5.74, 6) is 0.702. The number of aliphatic hydroxyl groups excluding tert-OH is 1. The molecule has 0 bridgehead atoms. The van der Waals surface area contributed by atoms with Gasteiger partial charge in [0.25, 0.3) is 0 Å². The van der Waals surface area contributed by atoms with Crippen molar-refractivity contribution >= 4 is 0 Å². The van der Waals surface area contributed by atoms with Gasteiger partial charge in [-0.25, -0.2) is 8.78 Å². The van der Waals surface area contributed by atoms with Crippen molar-refractivity contribution in [3.8, 4) is 11.1 Å². The lowest BCUT2D eigenvalue weighted by atomic mass is 9.93.